The van der Waals surface area contributed by atoms with Gasteiger partial charge in [0, 0.05) is 30.2 Å². The molecule has 0 aliphatic carbocycles. The van der Waals surface area contributed by atoms with Crippen LogP contribution in [0.3, 0.4) is 0 Å². The minimum absolute atomic E-state index is 0.146. The van der Waals surface area contributed by atoms with Crippen LogP contribution in [0.2, 0.25) is 0 Å². The van der Waals surface area contributed by atoms with Gasteiger partial charge in [-0.1, -0.05) is 24.3 Å². The molecule has 0 saturated carbocycles. The number of halogens is 1. The Morgan fingerprint density at radius 2 is 2.00 bits per heavy atom. The summed E-state index contributed by atoms with van der Waals surface area (Å²) in [6.07, 6.45) is 3.11. The summed E-state index contributed by atoms with van der Waals surface area (Å²) in [5.41, 5.74) is 0.857. The third-order valence-corrected chi connectivity index (χ3v) is 5.91. The lowest BCUT2D eigenvalue weighted by atomic mass is 9.74. The number of carbonyl (C=O) groups is 2. The van der Waals surface area contributed by atoms with Crippen molar-refractivity contribution in [2.75, 3.05) is 19.7 Å². The van der Waals surface area contributed by atoms with Gasteiger partial charge in [0.2, 0.25) is 0 Å². The molecule has 1 fully saturated rings. The molecule has 6 heteroatoms. The van der Waals surface area contributed by atoms with Crippen LogP contribution < -0.4 is 0 Å². The maximum atomic E-state index is 14.4. The number of nitrogens with zero attached hydrogens (tertiary/aromatic N) is 2. The highest BCUT2D eigenvalue weighted by Crippen LogP contribution is 2.36. The second-order valence-corrected chi connectivity index (χ2v) is 8.01. The monoisotopic (exact) mass is 420 g/mol. The van der Waals surface area contributed by atoms with Gasteiger partial charge in [0.05, 0.1) is 17.5 Å². The average Bonchev–Trinajstić information content (AvgIpc) is 2.80. The van der Waals surface area contributed by atoms with E-state index in [4.69, 9.17) is 4.74 Å². The largest absolute Gasteiger partial charge is 0.466 e. The third kappa shape index (κ3) is 4.29. The zero-order valence-corrected chi connectivity index (χ0v) is 17.5. The van der Waals surface area contributed by atoms with Gasteiger partial charge in [0.25, 0.3) is 5.91 Å². The van der Waals surface area contributed by atoms with E-state index in [9.17, 15) is 14.0 Å². The van der Waals surface area contributed by atoms with Crippen molar-refractivity contribution in [1.29, 1.82) is 0 Å². The van der Waals surface area contributed by atoms with Crippen LogP contribution in [-0.2, 0) is 16.0 Å². The van der Waals surface area contributed by atoms with Crippen molar-refractivity contribution in [3.05, 3.63) is 77.7 Å². The molecule has 2 aromatic carbocycles. The number of hydrogen-bond acceptors (Lipinski definition) is 4. The normalized spacial score (nSPS) is 18.7. The molecular weight excluding hydrogens is 395 g/mol. The number of benzene rings is 2. The molecule has 0 spiro atoms. The van der Waals surface area contributed by atoms with Crippen LogP contribution in [-0.4, -0.2) is 41.5 Å². The molecule has 1 aliphatic heterocycles. The van der Waals surface area contributed by atoms with Gasteiger partial charge in [-0.3, -0.25) is 14.6 Å². The second kappa shape index (κ2) is 8.84. The third-order valence-electron chi connectivity index (χ3n) is 5.91. The van der Waals surface area contributed by atoms with Crippen molar-refractivity contribution in [1.82, 2.24) is 9.88 Å². The Bertz CT molecular complexity index is 1120. The van der Waals surface area contributed by atoms with Crippen molar-refractivity contribution in [3.8, 4) is 0 Å². The smallest absolute Gasteiger partial charge is 0.314 e. The number of hydrogen-bond donors (Lipinski definition) is 0. The van der Waals surface area contributed by atoms with Gasteiger partial charge in [-0.25, -0.2) is 4.39 Å². The molecule has 0 radical (unpaired) electrons. The molecule has 3 aromatic rings. The molecule has 0 bridgehead atoms. The molecule has 31 heavy (non-hydrogen) atoms. The number of piperidine rings is 1. The van der Waals surface area contributed by atoms with E-state index >= 15 is 0 Å². The summed E-state index contributed by atoms with van der Waals surface area (Å²) in [5, 5.41) is 0.883. The van der Waals surface area contributed by atoms with Crippen LogP contribution in [0.4, 0.5) is 4.39 Å². The Morgan fingerprint density at radius 1 is 1.16 bits per heavy atom. The maximum absolute atomic E-state index is 14.4. The predicted molar refractivity (Wildman–Crippen MR) is 116 cm³/mol. The predicted octanol–water partition coefficient (Wildman–Crippen LogP) is 4.40. The average molecular weight is 420 g/mol. The minimum atomic E-state index is -0.968. The SMILES string of the molecule is CCOC(=O)[C@]1(Cc2ccccc2F)CCCN(C(=O)c2ccc3ncccc3c2)C1. The fourth-order valence-electron chi connectivity index (χ4n) is 4.37. The molecule has 1 saturated heterocycles. The first-order valence-electron chi connectivity index (χ1n) is 10.6. The van der Waals surface area contributed by atoms with Gasteiger partial charge in [-0.2, -0.15) is 0 Å². The van der Waals surface area contributed by atoms with Crippen LogP contribution in [0.15, 0.2) is 60.8 Å². The van der Waals surface area contributed by atoms with E-state index in [0.717, 1.165) is 10.9 Å². The highest BCUT2D eigenvalue weighted by atomic mass is 19.1. The number of likely N-dealkylation sites (tertiary alicyclic amines) is 1. The lowest BCUT2D eigenvalue weighted by molar-refractivity contribution is -0.158. The molecule has 0 N–H and O–H groups in total. The maximum Gasteiger partial charge on any atom is 0.314 e. The fourth-order valence-corrected chi connectivity index (χ4v) is 4.37. The number of rotatable bonds is 5. The van der Waals surface area contributed by atoms with Crippen LogP contribution in [0.25, 0.3) is 10.9 Å². The Morgan fingerprint density at radius 3 is 2.81 bits per heavy atom. The molecule has 0 unspecified atom stereocenters. The Labute approximate surface area is 180 Å². The molecule has 5 nitrogen and oxygen atoms in total. The summed E-state index contributed by atoms with van der Waals surface area (Å²) < 4.78 is 19.8. The molecule has 1 aromatic heterocycles. The first-order chi connectivity index (χ1) is 15.0. The Balaban J connectivity index is 1.63. The van der Waals surface area contributed by atoms with Crippen LogP contribution >= 0.6 is 0 Å². The van der Waals surface area contributed by atoms with E-state index in [1.165, 1.54) is 6.07 Å². The summed E-state index contributed by atoms with van der Waals surface area (Å²) in [7, 11) is 0. The van der Waals surface area contributed by atoms with Gasteiger partial charge in [0.1, 0.15) is 5.82 Å². The summed E-state index contributed by atoms with van der Waals surface area (Å²) in [6, 6.07) is 15.6. The minimum Gasteiger partial charge on any atom is -0.466 e. The number of esters is 1. The summed E-state index contributed by atoms with van der Waals surface area (Å²) in [5.74, 6) is -0.872. The van der Waals surface area contributed by atoms with Crippen LogP contribution in [0.5, 0.6) is 0 Å². The van der Waals surface area contributed by atoms with E-state index in [0.29, 0.717) is 30.5 Å². The topological polar surface area (TPSA) is 59.5 Å². The van der Waals surface area contributed by atoms with Gasteiger partial charge >= 0.3 is 5.97 Å². The number of amides is 1. The zero-order valence-electron chi connectivity index (χ0n) is 17.5. The lowest BCUT2D eigenvalue weighted by Crippen LogP contribution is -2.51. The van der Waals surface area contributed by atoms with Crippen molar-refractivity contribution in [3.63, 3.8) is 0 Å². The van der Waals surface area contributed by atoms with Crippen molar-refractivity contribution < 1.29 is 18.7 Å². The molecule has 1 amide bonds. The van der Waals surface area contributed by atoms with E-state index in [-0.39, 0.29) is 37.3 Å². The molecule has 4 rings (SSSR count). The van der Waals surface area contributed by atoms with E-state index < -0.39 is 5.41 Å². The highest BCUT2D eigenvalue weighted by molar-refractivity contribution is 5.98. The first kappa shape index (κ1) is 21.0. The number of fused-ring (bicyclic) bond motifs is 1. The summed E-state index contributed by atoms with van der Waals surface area (Å²) in [6.45, 7) is 2.74. The molecule has 1 atom stereocenters. The van der Waals surface area contributed by atoms with E-state index in [1.54, 1.807) is 42.3 Å². The van der Waals surface area contributed by atoms with Crippen LogP contribution in [0, 0.1) is 11.2 Å². The van der Waals surface area contributed by atoms with Gasteiger partial charge < -0.3 is 9.64 Å². The van der Waals surface area contributed by atoms with Crippen molar-refractivity contribution >= 4 is 22.8 Å². The van der Waals surface area contributed by atoms with E-state index in [1.807, 2.05) is 24.3 Å². The fraction of sp³-hybridized carbons (Fsp3) is 0.320. The number of aromatic nitrogens is 1. The lowest BCUT2D eigenvalue weighted by Gasteiger charge is -2.41. The first-order valence-corrected chi connectivity index (χ1v) is 10.6. The standard InChI is InChI=1S/C25H25FN2O3/c1-2-31-24(30)25(16-20-7-3-4-9-21(20)26)12-6-14-28(17-25)23(29)19-10-11-22-18(15-19)8-5-13-27-22/h3-5,7-11,13,15H,2,6,12,14,16-17H2,1H3/t25-/m0/s1. The van der Waals surface area contributed by atoms with Gasteiger partial charge in [-0.05, 0) is 62.1 Å². The van der Waals surface area contributed by atoms with Gasteiger partial charge in [0.15, 0.2) is 0 Å². The van der Waals surface area contributed by atoms with Gasteiger partial charge in [-0.15, -0.1) is 0 Å². The van der Waals surface area contributed by atoms with Crippen molar-refractivity contribution in [2.45, 2.75) is 26.2 Å². The molecule has 1 aliphatic rings. The molecular formula is C25H25FN2O3. The Hall–Kier alpha value is -3.28. The second-order valence-electron chi connectivity index (χ2n) is 8.01. The quantitative estimate of drug-likeness (QED) is 0.574. The number of ether oxygens (including phenoxy) is 1. The van der Waals surface area contributed by atoms with Crippen molar-refractivity contribution in [2.24, 2.45) is 5.41 Å². The molecule has 2 heterocycles. The number of pyridine rings is 1. The van der Waals surface area contributed by atoms with Crippen LogP contribution in [0.1, 0.15) is 35.7 Å². The highest BCUT2D eigenvalue weighted by Gasteiger charge is 2.45. The summed E-state index contributed by atoms with van der Waals surface area (Å²) >= 11 is 0. The Kier molecular flexibility index (Phi) is 5.98. The number of carbonyl (C=O) groups excluding carboxylic acids is 2. The summed E-state index contributed by atoms with van der Waals surface area (Å²) in [4.78, 5) is 32.3. The molecule has 160 valence electrons. The zero-order chi connectivity index (χ0) is 21.8. The van der Waals surface area contributed by atoms with E-state index in [2.05, 4.69) is 4.98 Å².